The second-order valence-electron chi connectivity index (χ2n) is 9.87. The van der Waals surface area contributed by atoms with Crippen molar-refractivity contribution in [3.05, 3.63) is 53.3 Å². The SMILES string of the molecule is CC(C)N1C(=O)c2ccccc2C(C(=O)N2CCC2)C12CCN(Cc1cnn(C)c1)CC2. The van der Waals surface area contributed by atoms with E-state index in [4.69, 9.17) is 0 Å². The van der Waals surface area contributed by atoms with Gasteiger partial charge in [-0.05, 0) is 44.7 Å². The lowest BCUT2D eigenvalue weighted by Gasteiger charge is -2.57. The smallest absolute Gasteiger partial charge is 0.254 e. The maximum Gasteiger partial charge on any atom is 0.254 e. The summed E-state index contributed by atoms with van der Waals surface area (Å²) in [6.45, 7) is 8.39. The van der Waals surface area contributed by atoms with E-state index in [1.807, 2.05) is 47.1 Å². The van der Waals surface area contributed by atoms with Crippen LogP contribution in [0.2, 0.25) is 0 Å². The Bertz CT molecular complexity index is 1020. The van der Waals surface area contributed by atoms with Crippen LogP contribution < -0.4 is 0 Å². The maximum atomic E-state index is 13.8. The first-order valence-electron chi connectivity index (χ1n) is 11.8. The summed E-state index contributed by atoms with van der Waals surface area (Å²) >= 11 is 0. The Kier molecular flexibility index (Phi) is 5.32. The summed E-state index contributed by atoms with van der Waals surface area (Å²) in [6, 6.07) is 7.82. The Morgan fingerprint density at radius 3 is 2.47 bits per heavy atom. The number of aromatic nitrogens is 2. The van der Waals surface area contributed by atoms with E-state index < -0.39 is 5.54 Å². The molecule has 2 aromatic rings. The number of carbonyl (C=O) groups excluding carboxylic acids is 2. The summed E-state index contributed by atoms with van der Waals surface area (Å²) in [5, 5.41) is 4.29. The normalized spacial score (nSPS) is 22.9. The second kappa shape index (κ2) is 8.03. The predicted molar refractivity (Wildman–Crippen MR) is 122 cm³/mol. The van der Waals surface area contributed by atoms with Crippen LogP contribution in [0, 0.1) is 0 Å². The van der Waals surface area contributed by atoms with Gasteiger partial charge in [0.2, 0.25) is 5.91 Å². The van der Waals surface area contributed by atoms with Crippen LogP contribution in [0.25, 0.3) is 0 Å². The molecule has 3 aliphatic heterocycles. The Morgan fingerprint density at radius 1 is 1.16 bits per heavy atom. The lowest BCUT2D eigenvalue weighted by Crippen LogP contribution is -2.67. The Labute approximate surface area is 190 Å². The number of fused-ring (bicyclic) bond motifs is 1. The summed E-state index contributed by atoms with van der Waals surface area (Å²) in [4.78, 5) is 34.0. The molecule has 2 amide bonds. The van der Waals surface area contributed by atoms with Gasteiger partial charge >= 0.3 is 0 Å². The number of piperidine rings is 1. The molecule has 7 heteroatoms. The zero-order valence-corrected chi connectivity index (χ0v) is 19.3. The number of likely N-dealkylation sites (tertiary alicyclic amines) is 2. The first-order chi connectivity index (χ1) is 15.4. The fourth-order valence-corrected chi connectivity index (χ4v) is 5.97. The zero-order valence-electron chi connectivity index (χ0n) is 19.3. The van der Waals surface area contributed by atoms with E-state index in [0.717, 1.165) is 57.5 Å². The largest absolute Gasteiger partial charge is 0.342 e. The molecule has 0 aliphatic carbocycles. The van der Waals surface area contributed by atoms with Crippen molar-refractivity contribution in [2.45, 2.75) is 57.2 Å². The predicted octanol–water partition coefficient (Wildman–Crippen LogP) is 2.64. The van der Waals surface area contributed by atoms with Gasteiger partial charge in [0.25, 0.3) is 5.91 Å². The van der Waals surface area contributed by atoms with Crippen molar-refractivity contribution in [2.24, 2.45) is 7.05 Å². The van der Waals surface area contributed by atoms with Crippen LogP contribution in [0.5, 0.6) is 0 Å². The first kappa shape index (κ1) is 21.2. The van der Waals surface area contributed by atoms with Gasteiger partial charge in [-0.2, -0.15) is 5.10 Å². The fraction of sp³-hybridized carbons (Fsp3) is 0.560. The van der Waals surface area contributed by atoms with Gasteiger partial charge in [0.05, 0.1) is 17.7 Å². The van der Waals surface area contributed by atoms with E-state index in [1.54, 1.807) is 0 Å². The molecule has 0 N–H and O–H groups in total. The summed E-state index contributed by atoms with van der Waals surface area (Å²) in [6.07, 6.45) is 6.65. The molecule has 2 saturated heterocycles. The molecule has 2 fully saturated rings. The van der Waals surface area contributed by atoms with E-state index in [2.05, 4.69) is 34.9 Å². The monoisotopic (exact) mass is 435 g/mol. The van der Waals surface area contributed by atoms with Gasteiger partial charge < -0.3 is 9.80 Å². The minimum atomic E-state index is -0.474. The number of benzene rings is 1. The summed E-state index contributed by atoms with van der Waals surface area (Å²) in [7, 11) is 1.94. The number of aryl methyl sites for hydroxylation is 1. The number of rotatable bonds is 4. The Hall–Kier alpha value is -2.67. The minimum Gasteiger partial charge on any atom is -0.342 e. The van der Waals surface area contributed by atoms with Gasteiger partial charge in [-0.1, -0.05) is 18.2 Å². The molecule has 1 spiro atoms. The summed E-state index contributed by atoms with van der Waals surface area (Å²) in [5.41, 5.74) is 2.34. The van der Waals surface area contributed by atoms with E-state index >= 15 is 0 Å². The molecule has 1 aromatic carbocycles. The van der Waals surface area contributed by atoms with Gasteiger partial charge in [0.15, 0.2) is 0 Å². The van der Waals surface area contributed by atoms with Gasteiger partial charge in [-0.25, -0.2) is 0 Å². The molecule has 0 saturated carbocycles. The highest BCUT2D eigenvalue weighted by Gasteiger charge is 2.57. The maximum absolute atomic E-state index is 13.8. The van der Waals surface area contributed by atoms with E-state index in [-0.39, 0.29) is 23.8 Å². The fourth-order valence-electron chi connectivity index (χ4n) is 5.97. The number of hydrogen-bond acceptors (Lipinski definition) is 4. The zero-order chi connectivity index (χ0) is 22.5. The molecule has 7 nitrogen and oxygen atoms in total. The Morgan fingerprint density at radius 2 is 1.88 bits per heavy atom. The van der Waals surface area contributed by atoms with Gasteiger partial charge in [-0.15, -0.1) is 0 Å². The number of hydrogen-bond donors (Lipinski definition) is 0. The highest BCUT2D eigenvalue weighted by molar-refractivity contribution is 6.02. The summed E-state index contributed by atoms with van der Waals surface area (Å²) < 4.78 is 1.83. The van der Waals surface area contributed by atoms with Crippen molar-refractivity contribution in [2.75, 3.05) is 26.2 Å². The average molecular weight is 436 g/mol. The number of amides is 2. The van der Waals surface area contributed by atoms with E-state index in [9.17, 15) is 9.59 Å². The molecule has 0 bridgehead atoms. The average Bonchev–Trinajstić information content (AvgIpc) is 3.13. The lowest BCUT2D eigenvalue weighted by molar-refractivity contribution is -0.142. The van der Waals surface area contributed by atoms with Crippen molar-refractivity contribution in [3.63, 3.8) is 0 Å². The molecule has 170 valence electrons. The summed E-state index contributed by atoms with van der Waals surface area (Å²) in [5.74, 6) is -0.0221. The highest BCUT2D eigenvalue weighted by Crippen LogP contribution is 2.49. The van der Waals surface area contributed by atoms with Gasteiger partial charge in [0.1, 0.15) is 0 Å². The van der Waals surface area contributed by atoms with Gasteiger partial charge in [-0.3, -0.25) is 19.2 Å². The molecule has 32 heavy (non-hydrogen) atoms. The molecule has 4 heterocycles. The second-order valence-corrected chi connectivity index (χ2v) is 9.87. The third kappa shape index (κ3) is 3.34. The first-order valence-corrected chi connectivity index (χ1v) is 11.8. The lowest BCUT2D eigenvalue weighted by atomic mass is 9.66. The third-order valence-corrected chi connectivity index (χ3v) is 7.56. The molecule has 0 radical (unpaired) electrons. The van der Waals surface area contributed by atoms with Crippen molar-refractivity contribution in [1.29, 1.82) is 0 Å². The van der Waals surface area contributed by atoms with Gasteiger partial charge in [0, 0.05) is 63.1 Å². The molecule has 3 aliphatic rings. The quantitative estimate of drug-likeness (QED) is 0.741. The Balaban J connectivity index is 1.51. The minimum absolute atomic E-state index is 0.0346. The van der Waals surface area contributed by atoms with Crippen LogP contribution in [-0.2, 0) is 18.4 Å². The van der Waals surface area contributed by atoms with Crippen LogP contribution in [0.15, 0.2) is 36.7 Å². The van der Waals surface area contributed by atoms with Crippen molar-refractivity contribution < 1.29 is 9.59 Å². The van der Waals surface area contributed by atoms with Crippen LogP contribution in [-0.4, -0.2) is 74.1 Å². The number of nitrogens with zero attached hydrogens (tertiary/aromatic N) is 5. The van der Waals surface area contributed by atoms with Crippen molar-refractivity contribution in [3.8, 4) is 0 Å². The third-order valence-electron chi connectivity index (χ3n) is 7.56. The van der Waals surface area contributed by atoms with Crippen molar-refractivity contribution in [1.82, 2.24) is 24.5 Å². The molecular formula is C25H33N5O2. The molecule has 5 rings (SSSR count). The van der Waals surface area contributed by atoms with E-state index in [1.165, 1.54) is 5.56 Å². The number of carbonyl (C=O) groups is 2. The topological polar surface area (TPSA) is 61.7 Å². The molecule has 1 aromatic heterocycles. The van der Waals surface area contributed by atoms with Crippen molar-refractivity contribution >= 4 is 11.8 Å². The molecule has 1 atom stereocenters. The standard InChI is InChI=1S/C25H33N5O2/c1-18(2)30-23(31)21-8-5-4-7-20(21)22(24(32)29-11-6-12-29)25(30)9-13-28(14-10-25)17-19-15-26-27(3)16-19/h4-5,7-8,15-16,18,22H,6,9-14,17H2,1-3H3. The van der Waals surface area contributed by atoms with Crippen LogP contribution >= 0.6 is 0 Å². The van der Waals surface area contributed by atoms with Crippen LogP contribution in [0.1, 0.15) is 60.5 Å². The molecule has 1 unspecified atom stereocenters. The van der Waals surface area contributed by atoms with E-state index in [0.29, 0.717) is 5.56 Å². The van der Waals surface area contributed by atoms with Crippen LogP contribution in [0.3, 0.4) is 0 Å². The van der Waals surface area contributed by atoms with Crippen LogP contribution in [0.4, 0.5) is 0 Å². The molecular weight excluding hydrogens is 402 g/mol. The highest BCUT2D eigenvalue weighted by atomic mass is 16.2.